The number of ether oxygens (including phenoxy) is 1. The topological polar surface area (TPSA) is 38.3 Å². The summed E-state index contributed by atoms with van der Waals surface area (Å²) in [6.07, 6.45) is 5.32. The van der Waals surface area contributed by atoms with Crippen LogP contribution >= 0.6 is 0 Å². The van der Waals surface area contributed by atoms with Gasteiger partial charge in [0.25, 0.3) is 5.91 Å². The number of benzene rings is 1. The molecule has 1 amide bonds. The highest BCUT2D eigenvalue weighted by Crippen LogP contribution is 2.25. The van der Waals surface area contributed by atoms with E-state index in [1.165, 1.54) is 0 Å². The quantitative estimate of drug-likeness (QED) is 0.850. The number of hydrogen-bond donors (Lipinski definition) is 1. The van der Waals surface area contributed by atoms with Gasteiger partial charge in [-0.3, -0.25) is 4.79 Å². The highest BCUT2D eigenvalue weighted by atomic mass is 16.5. The van der Waals surface area contributed by atoms with Gasteiger partial charge in [0.2, 0.25) is 0 Å². The number of methoxy groups -OCH3 is 1. The first kappa shape index (κ1) is 15.3. The summed E-state index contributed by atoms with van der Waals surface area (Å²) in [5.74, 6) is 1.29. The zero-order valence-corrected chi connectivity index (χ0v) is 12.2. The minimum Gasteiger partial charge on any atom is -0.496 e. The fourth-order valence-electron chi connectivity index (χ4n) is 1.90. The van der Waals surface area contributed by atoms with Crippen molar-refractivity contribution in [3.05, 3.63) is 41.6 Å². The third-order valence-electron chi connectivity index (χ3n) is 2.95. The summed E-state index contributed by atoms with van der Waals surface area (Å²) in [5.41, 5.74) is 1.68. The highest BCUT2D eigenvalue weighted by molar-refractivity contribution is 5.96. The van der Waals surface area contributed by atoms with Gasteiger partial charge < -0.3 is 10.1 Å². The average molecular weight is 261 g/mol. The van der Waals surface area contributed by atoms with Gasteiger partial charge in [0.1, 0.15) is 5.75 Å². The van der Waals surface area contributed by atoms with Crippen molar-refractivity contribution in [2.75, 3.05) is 7.11 Å². The number of carbonyl (C=O) groups excluding carboxylic acids is 1. The molecule has 0 saturated heterocycles. The van der Waals surface area contributed by atoms with Crippen molar-refractivity contribution >= 4 is 5.91 Å². The van der Waals surface area contributed by atoms with E-state index in [1.54, 1.807) is 19.4 Å². The van der Waals surface area contributed by atoms with E-state index >= 15 is 0 Å². The number of amides is 1. The Morgan fingerprint density at radius 2 is 2.16 bits per heavy atom. The summed E-state index contributed by atoms with van der Waals surface area (Å²) in [6.45, 7) is 6.22. The fourth-order valence-corrected chi connectivity index (χ4v) is 1.90. The van der Waals surface area contributed by atoms with Gasteiger partial charge in [0.05, 0.1) is 7.11 Å². The Kier molecular flexibility index (Phi) is 6.13. The maximum absolute atomic E-state index is 12.1. The maximum atomic E-state index is 12.1. The summed E-state index contributed by atoms with van der Waals surface area (Å²) < 4.78 is 5.37. The van der Waals surface area contributed by atoms with Crippen molar-refractivity contribution in [1.82, 2.24) is 5.32 Å². The third kappa shape index (κ3) is 4.43. The second-order valence-electron chi connectivity index (χ2n) is 4.89. The Morgan fingerprint density at radius 3 is 2.74 bits per heavy atom. The van der Waals surface area contributed by atoms with Gasteiger partial charge in [-0.2, -0.15) is 0 Å². The second-order valence-corrected chi connectivity index (χ2v) is 4.89. The van der Waals surface area contributed by atoms with Gasteiger partial charge in [-0.25, -0.2) is 0 Å². The maximum Gasteiger partial charge on any atom is 0.255 e. The molecule has 0 saturated carbocycles. The summed E-state index contributed by atoms with van der Waals surface area (Å²) in [6, 6.07) is 5.60. The normalized spacial score (nSPS) is 11.0. The van der Waals surface area contributed by atoms with Crippen LogP contribution in [0.5, 0.6) is 5.75 Å². The van der Waals surface area contributed by atoms with Crippen LogP contribution in [0.25, 0.3) is 0 Å². The highest BCUT2D eigenvalue weighted by Gasteiger charge is 2.14. The van der Waals surface area contributed by atoms with Gasteiger partial charge in [0, 0.05) is 11.1 Å². The summed E-state index contributed by atoms with van der Waals surface area (Å²) >= 11 is 0. The fraction of sp³-hybridized carbons (Fsp3) is 0.438. The number of allylic oxidation sites excluding steroid dienone is 1. The van der Waals surface area contributed by atoms with Gasteiger partial charge in [-0.05, 0) is 44.0 Å². The Labute approximate surface area is 115 Å². The third-order valence-corrected chi connectivity index (χ3v) is 2.95. The molecule has 104 valence electrons. The van der Waals surface area contributed by atoms with Crippen LogP contribution in [0, 0.1) is 5.92 Å². The molecule has 0 heterocycles. The molecule has 0 bridgehead atoms. The lowest BCUT2D eigenvalue weighted by Crippen LogP contribution is -2.19. The van der Waals surface area contributed by atoms with Crippen LogP contribution in [-0.2, 0) is 6.42 Å². The van der Waals surface area contributed by atoms with Gasteiger partial charge in [0.15, 0.2) is 0 Å². The molecule has 0 atom stereocenters. The SMILES string of the molecule is CC=CNC(=O)c1cccc(OC)c1CCC(C)C. The Bertz CT molecular complexity index is 450. The van der Waals surface area contributed by atoms with Crippen LogP contribution in [0.4, 0.5) is 0 Å². The van der Waals surface area contributed by atoms with E-state index in [0.29, 0.717) is 11.5 Å². The van der Waals surface area contributed by atoms with E-state index in [2.05, 4.69) is 19.2 Å². The van der Waals surface area contributed by atoms with Crippen molar-refractivity contribution < 1.29 is 9.53 Å². The lowest BCUT2D eigenvalue weighted by atomic mass is 9.97. The van der Waals surface area contributed by atoms with E-state index in [4.69, 9.17) is 4.74 Å². The molecular weight excluding hydrogens is 238 g/mol. The zero-order chi connectivity index (χ0) is 14.3. The van der Waals surface area contributed by atoms with Crippen LogP contribution in [0.2, 0.25) is 0 Å². The van der Waals surface area contributed by atoms with Crippen molar-refractivity contribution in [3.63, 3.8) is 0 Å². The zero-order valence-electron chi connectivity index (χ0n) is 12.2. The molecule has 0 spiro atoms. The average Bonchev–Trinajstić information content (AvgIpc) is 2.41. The van der Waals surface area contributed by atoms with E-state index < -0.39 is 0 Å². The largest absolute Gasteiger partial charge is 0.496 e. The molecule has 0 unspecified atom stereocenters. The van der Waals surface area contributed by atoms with Crippen molar-refractivity contribution in [2.45, 2.75) is 33.6 Å². The van der Waals surface area contributed by atoms with Crippen LogP contribution < -0.4 is 10.1 Å². The Balaban J connectivity index is 3.04. The minimum absolute atomic E-state index is 0.0873. The Morgan fingerprint density at radius 1 is 1.42 bits per heavy atom. The smallest absolute Gasteiger partial charge is 0.255 e. The molecule has 3 nitrogen and oxygen atoms in total. The monoisotopic (exact) mass is 261 g/mol. The number of hydrogen-bond acceptors (Lipinski definition) is 2. The number of rotatable bonds is 6. The molecule has 19 heavy (non-hydrogen) atoms. The summed E-state index contributed by atoms with van der Waals surface area (Å²) in [4.78, 5) is 12.1. The lowest BCUT2D eigenvalue weighted by molar-refractivity contribution is 0.0968. The number of nitrogens with one attached hydrogen (secondary N) is 1. The molecule has 0 aromatic heterocycles. The molecule has 1 aromatic carbocycles. The standard InChI is InChI=1S/C16H23NO2/c1-5-11-17-16(18)14-7-6-8-15(19-4)13(14)10-9-12(2)3/h5-8,11-12H,9-10H2,1-4H3,(H,17,18). The minimum atomic E-state index is -0.0873. The van der Waals surface area contributed by atoms with E-state index in [1.807, 2.05) is 25.1 Å². The van der Waals surface area contributed by atoms with Crippen molar-refractivity contribution in [3.8, 4) is 5.75 Å². The second kappa shape index (κ2) is 7.62. The van der Waals surface area contributed by atoms with Crippen LogP contribution in [0.3, 0.4) is 0 Å². The van der Waals surface area contributed by atoms with Gasteiger partial charge in [-0.15, -0.1) is 0 Å². The van der Waals surface area contributed by atoms with E-state index in [9.17, 15) is 4.79 Å². The molecule has 0 radical (unpaired) electrons. The van der Waals surface area contributed by atoms with Crippen LogP contribution in [0.15, 0.2) is 30.5 Å². The van der Waals surface area contributed by atoms with E-state index in [0.717, 1.165) is 24.2 Å². The van der Waals surface area contributed by atoms with Crippen molar-refractivity contribution in [2.24, 2.45) is 5.92 Å². The van der Waals surface area contributed by atoms with Crippen LogP contribution in [0.1, 0.15) is 43.1 Å². The summed E-state index contributed by atoms with van der Waals surface area (Å²) in [7, 11) is 1.64. The molecule has 3 heteroatoms. The van der Waals surface area contributed by atoms with Gasteiger partial charge in [-0.1, -0.05) is 26.0 Å². The molecule has 0 aliphatic carbocycles. The predicted molar refractivity (Wildman–Crippen MR) is 78.4 cm³/mol. The molecular formula is C16H23NO2. The molecule has 1 rings (SSSR count). The predicted octanol–water partition coefficient (Wildman–Crippen LogP) is 3.55. The lowest BCUT2D eigenvalue weighted by Gasteiger charge is -2.14. The van der Waals surface area contributed by atoms with Crippen molar-refractivity contribution in [1.29, 1.82) is 0 Å². The first-order valence-corrected chi connectivity index (χ1v) is 6.68. The van der Waals surface area contributed by atoms with E-state index in [-0.39, 0.29) is 5.91 Å². The molecule has 0 aliphatic heterocycles. The van der Waals surface area contributed by atoms with Crippen LogP contribution in [-0.4, -0.2) is 13.0 Å². The first-order chi connectivity index (χ1) is 9.10. The van der Waals surface area contributed by atoms with Gasteiger partial charge >= 0.3 is 0 Å². The first-order valence-electron chi connectivity index (χ1n) is 6.68. The number of carbonyl (C=O) groups is 1. The molecule has 1 aromatic rings. The summed E-state index contributed by atoms with van der Waals surface area (Å²) in [5, 5.41) is 2.75. The molecule has 0 aliphatic rings. The Hall–Kier alpha value is -1.77. The molecule has 1 N–H and O–H groups in total. The molecule has 0 fully saturated rings.